The highest BCUT2D eigenvalue weighted by Crippen LogP contribution is 2.23. The Hall–Kier alpha value is -1.72. The molecule has 0 saturated carbocycles. The van der Waals surface area contributed by atoms with Crippen molar-refractivity contribution in [2.24, 2.45) is 0 Å². The van der Waals surface area contributed by atoms with Crippen LogP contribution in [0.4, 0.5) is 5.69 Å². The highest BCUT2D eigenvalue weighted by Gasteiger charge is 2.15. The second-order valence-electron chi connectivity index (χ2n) is 5.29. The molecule has 1 aliphatic heterocycles. The molecule has 5 heteroatoms. The molecule has 2 heterocycles. The zero-order valence-corrected chi connectivity index (χ0v) is 12.7. The number of carbonyl (C=O) groups excluding carboxylic acids is 1. The molecule has 0 radical (unpaired) electrons. The van der Waals surface area contributed by atoms with Crippen molar-refractivity contribution in [3.63, 3.8) is 0 Å². The van der Waals surface area contributed by atoms with E-state index in [0.717, 1.165) is 29.2 Å². The molecule has 1 saturated heterocycles. The number of hydrogen-bond acceptors (Lipinski definition) is 4. The number of anilines is 1. The molecule has 2 aromatic rings. The summed E-state index contributed by atoms with van der Waals surface area (Å²) in [6, 6.07) is 8.37. The Balaban J connectivity index is 1.51. The summed E-state index contributed by atoms with van der Waals surface area (Å²) in [5, 5.41) is 9.33. The van der Waals surface area contributed by atoms with Crippen molar-refractivity contribution in [2.75, 3.05) is 11.9 Å². The fourth-order valence-electron chi connectivity index (χ4n) is 2.59. The first-order valence-electron chi connectivity index (χ1n) is 7.34. The first kappa shape index (κ1) is 14.2. The Morgan fingerprint density at radius 1 is 1.38 bits per heavy atom. The second-order valence-corrected chi connectivity index (χ2v) is 6.19. The maximum absolute atomic E-state index is 11.9. The van der Waals surface area contributed by atoms with Gasteiger partial charge in [-0.3, -0.25) is 4.79 Å². The molecular weight excluding hydrogens is 282 g/mol. The van der Waals surface area contributed by atoms with E-state index in [2.05, 4.69) is 15.6 Å². The summed E-state index contributed by atoms with van der Waals surface area (Å²) < 4.78 is 0. The third kappa shape index (κ3) is 3.89. The van der Waals surface area contributed by atoms with Crippen molar-refractivity contribution in [3.8, 4) is 10.6 Å². The lowest BCUT2D eigenvalue weighted by molar-refractivity contribution is -0.116. The Bertz CT molecular complexity index is 574. The number of nitrogens with one attached hydrogen (secondary N) is 2. The predicted molar refractivity (Wildman–Crippen MR) is 86.4 cm³/mol. The molecule has 110 valence electrons. The van der Waals surface area contributed by atoms with Crippen molar-refractivity contribution in [1.82, 2.24) is 10.3 Å². The molecule has 21 heavy (non-hydrogen) atoms. The van der Waals surface area contributed by atoms with Gasteiger partial charge in [0, 0.05) is 35.3 Å². The number of aromatic nitrogens is 1. The van der Waals surface area contributed by atoms with Gasteiger partial charge in [-0.15, -0.1) is 11.3 Å². The summed E-state index contributed by atoms with van der Waals surface area (Å²) in [4.78, 5) is 16.2. The molecular formula is C16H19N3OS. The van der Waals surface area contributed by atoms with Gasteiger partial charge < -0.3 is 10.6 Å². The van der Waals surface area contributed by atoms with Crippen LogP contribution < -0.4 is 10.6 Å². The normalized spacial score (nSPS) is 17.8. The Morgan fingerprint density at radius 2 is 2.24 bits per heavy atom. The van der Waals surface area contributed by atoms with E-state index < -0.39 is 0 Å². The number of nitrogens with zero attached hydrogens (tertiary/aromatic N) is 1. The van der Waals surface area contributed by atoms with Gasteiger partial charge in [0.25, 0.3) is 0 Å². The second kappa shape index (κ2) is 6.83. The van der Waals surface area contributed by atoms with Gasteiger partial charge in [0.2, 0.25) is 5.91 Å². The smallest absolute Gasteiger partial charge is 0.224 e. The summed E-state index contributed by atoms with van der Waals surface area (Å²) >= 11 is 1.61. The van der Waals surface area contributed by atoms with Crippen LogP contribution in [0.25, 0.3) is 10.6 Å². The van der Waals surface area contributed by atoms with Gasteiger partial charge in [-0.2, -0.15) is 0 Å². The van der Waals surface area contributed by atoms with E-state index in [1.807, 2.05) is 29.6 Å². The maximum Gasteiger partial charge on any atom is 0.224 e. The molecule has 2 N–H and O–H groups in total. The molecule has 0 aliphatic carbocycles. The van der Waals surface area contributed by atoms with Gasteiger partial charge >= 0.3 is 0 Å². The minimum Gasteiger partial charge on any atom is -0.326 e. The van der Waals surface area contributed by atoms with Crippen LogP contribution in [0.15, 0.2) is 35.8 Å². The van der Waals surface area contributed by atoms with E-state index in [1.54, 1.807) is 17.5 Å². The molecule has 1 atom stereocenters. The molecule has 1 fully saturated rings. The Morgan fingerprint density at radius 3 is 2.90 bits per heavy atom. The predicted octanol–water partition coefficient (Wildman–Crippen LogP) is 3.28. The van der Waals surface area contributed by atoms with Gasteiger partial charge in [-0.05, 0) is 50.1 Å². The average molecular weight is 301 g/mol. The lowest BCUT2D eigenvalue weighted by Crippen LogP contribution is -2.23. The van der Waals surface area contributed by atoms with Gasteiger partial charge in [0.05, 0.1) is 0 Å². The molecule has 3 rings (SSSR count). The van der Waals surface area contributed by atoms with Crippen LogP contribution in [0.3, 0.4) is 0 Å². The van der Waals surface area contributed by atoms with Crippen molar-refractivity contribution < 1.29 is 4.79 Å². The fraction of sp³-hybridized carbons (Fsp3) is 0.375. The third-order valence-corrected chi connectivity index (χ3v) is 4.55. The lowest BCUT2D eigenvalue weighted by atomic mass is 10.1. The van der Waals surface area contributed by atoms with Crippen LogP contribution in [0, 0.1) is 0 Å². The number of carbonyl (C=O) groups is 1. The molecule has 4 nitrogen and oxygen atoms in total. The SMILES string of the molecule is O=C(CCC1CCCN1)Nc1ccc(-c2nccs2)cc1. The van der Waals surface area contributed by atoms with E-state index in [0.29, 0.717) is 12.5 Å². The molecule has 1 aliphatic rings. The summed E-state index contributed by atoms with van der Waals surface area (Å²) in [6.45, 7) is 1.09. The molecule has 0 spiro atoms. The summed E-state index contributed by atoms with van der Waals surface area (Å²) in [5.41, 5.74) is 1.93. The standard InChI is InChI=1S/C16H19N3OS/c20-15(8-7-13-2-1-9-17-13)19-14-5-3-12(4-6-14)16-18-10-11-21-16/h3-6,10-11,13,17H,1-2,7-9H2,(H,19,20). The zero-order valence-electron chi connectivity index (χ0n) is 11.8. The van der Waals surface area contributed by atoms with E-state index in [-0.39, 0.29) is 5.91 Å². The highest BCUT2D eigenvalue weighted by atomic mass is 32.1. The molecule has 1 unspecified atom stereocenters. The van der Waals surface area contributed by atoms with Crippen molar-refractivity contribution >= 4 is 22.9 Å². The monoisotopic (exact) mass is 301 g/mol. The summed E-state index contributed by atoms with van der Waals surface area (Å²) in [6.07, 6.45) is 5.71. The van der Waals surface area contributed by atoms with Crippen LogP contribution in [0.5, 0.6) is 0 Å². The third-order valence-electron chi connectivity index (χ3n) is 3.73. The molecule has 1 aromatic carbocycles. The van der Waals surface area contributed by atoms with Gasteiger partial charge in [-0.25, -0.2) is 4.98 Å². The van der Waals surface area contributed by atoms with Crippen LogP contribution in [-0.4, -0.2) is 23.5 Å². The van der Waals surface area contributed by atoms with E-state index in [4.69, 9.17) is 0 Å². The number of thiazole rings is 1. The number of amides is 1. The van der Waals surface area contributed by atoms with Gasteiger partial charge in [0.15, 0.2) is 0 Å². The fourth-order valence-corrected chi connectivity index (χ4v) is 3.24. The van der Waals surface area contributed by atoms with E-state index >= 15 is 0 Å². The van der Waals surface area contributed by atoms with Crippen LogP contribution in [-0.2, 0) is 4.79 Å². The minimum atomic E-state index is 0.0886. The average Bonchev–Trinajstić information content (AvgIpc) is 3.19. The molecule has 1 amide bonds. The quantitative estimate of drug-likeness (QED) is 0.891. The highest BCUT2D eigenvalue weighted by molar-refractivity contribution is 7.13. The van der Waals surface area contributed by atoms with Crippen molar-refractivity contribution in [3.05, 3.63) is 35.8 Å². The van der Waals surface area contributed by atoms with Gasteiger partial charge in [0.1, 0.15) is 5.01 Å². The first-order chi connectivity index (χ1) is 10.3. The van der Waals surface area contributed by atoms with Crippen molar-refractivity contribution in [1.29, 1.82) is 0 Å². The minimum absolute atomic E-state index is 0.0886. The van der Waals surface area contributed by atoms with Crippen LogP contribution in [0.1, 0.15) is 25.7 Å². The first-order valence-corrected chi connectivity index (χ1v) is 8.22. The van der Waals surface area contributed by atoms with Crippen LogP contribution in [0.2, 0.25) is 0 Å². The largest absolute Gasteiger partial charge is 0.326 e. The zero-order chi connectivity index (χ0) is 14.5. The topological polar surface area (TPSA) is 54.0 Å². The summed E-state index contributed by atoms with van der Waals surface area (Å²) in [7, 11) is 0. The number of benzene rings is 1. The Kier molecular flexibility index (Phi) is 4.62. The van der Waals surface area contributed by atoms with E-state index in [9.17, 15) is 4.79 Å². The summed E-state index contributed by atoms with van der Waals surface area (Å²) in [5.74, 6) is 0.0886. The number of hydrogen-bond donors (Lipinski definition) is 2. The van der Waals surface area contributed by atoms with Crippen molar-refractivity contribution in [2.45, 2.75) is 31.7 Å². The molecule has 0 bridgehead atoms. The van der Waals surface area contributed by atoms with E-state index in [1.165, 1.54) is 12.8 Å². The molecule has 1 aromatic heterocycles. The van der Waals surface area contributed by atoms with Crippen LogP contribution >= 0.6 is 11.3 Å². The lowest BCUT2D eigenvalue weighted by Gasteiger charge is -2.10. The maximum atomic E-state index is 11.9. The Labute approximate surface area is 128 Å². The van der Waals surface area contributed by atoms with Gasteiger partial charge in [-0.1, -0.05) is 0 Å². The number of rotatable bonds is 5.